The summed E-state index contributed by atoms with van der Waals surface area (Å²) in [6.07, 6.45) is 0. The Balaban J connectivity index is 3.40. The van der Waals surface area contributed by atoms with Crippen LogP contribution < -0.4 is 4.74 Å². The van der Waals surface area contributed by atoms with E-state index in [1.54, 1.807) is 0 Å². The molecule has 12 heavy (non-hydrogen) atoms. The fourth-order valence-electron chi connectivity index (χ4n) is 0.881. The molecule has 0 saturated carbocycles. The zero-order chi connectivity index (χ0) is 9.30. The third-order valence-electron chi connectivity index (χ3n) is 1.49. The second-order valence-electron chi connectivity index (χ2n) is 2.29. The molecule has 65 valence electrons. The molecule has 0 fully saturated rings. The SMILES string of the molecule is [CH2]c1cc(O)c(OC)c(O)c1O. The zero-order valence-electron chi connectivity index (χ0n) is 6.53. The van der Waals surface area contributed by atoms with Crippen LogP contribution in [0.25, 0.3) is 0 Å². The van der Waals surface area contributed by atoms with Gasteiger partial charge in [0.05, 0.1) is 7.11 Å². The Kier molecular flexibility index (Phi) is 1.99. The molecular weight excluding hydrogens is 160 g/mol. The van der Waals surface area contributed by atoms with Gasteiger partial charge >= 0.3 is 0 Å². The Bertz CT molecular complexity index is 306. The van der Waals surface area contributed by atoms with Crippen molar-refractivity contribution < 1.29 is 20.1 Å². The van der Waals surface area contributed by atoms with Crippen LogP contribution in [0.4, 0.5) is 0 Å². The van der Waals surface area contributed by atoms with Crippen LogP contribution in [-0.4, -0.2) is 22.4 Å². The maximum absolute atomic E-state index is 9.18. The molecular formula is C8H9O4. The second kappa shape index (κ2) is 2.81. The van der Waals surface area contributed by atoms with Crippen molar-refractivity contribution in [2.45, 2.75) is 0 Å². The summed E-state index contributed by atoms with van der Waals surface area (Å²) in [5.41, 5.74) is 0.144. The van der Waals surface area contributed by atoms with Crippen LogP contribution in [0, 0.1) is 6.92 Å². The van der Waals surface area contributed by atoms with E-state index in [-0.39, 0.29) is 22.8 Å². The smallest absolute Gasteiger partial charge is 0.206 e. The van der Waals surface area contributed by atoms with Gasteiger partial charge in [0.25, 0.3) is 0 Å². The Morgan fingerprint density at radius 2 is 1.83 bits per heavy atom. The van der Waals surface area contributed by atoms with Crippen molar-refractivity contribution in [1.82, 2.24) is 0 Å². The number of phenols is 3. The lowest BCUT2D eigenvalue weighted by Gasteiger charge is -2.08. The number of hydrogen-bond donors (Lipinski definition) is 3. The Hall–Kier alpha value is -1.58. The molecule has 4 nitrogen and oxygen atoms in total. The fraction of sp³-hybridized carbons (Fsp3) is 0.125. The first-order valence-corrected chi connectivity index (χ1v) is 3.21. The van der Waals surface area contributed by atoms with Gasteiger partial charge in [-0.2, -0.15) is 0 Å². The molecule has 0 unspecified atom stereocenters. The fourth-order valence-corrected chi connectivity index (χ4v) is 0.881. The summed E-state index contributed by atoms with van der Waals surface area (Å²) in [7, 11) is 1.27. The molecule has 0 amide bonds. The Morgan fingerprint density at radius 1 is 1.25 bits per heavy atom. The maximum Gasteiger partial charge on any atom is 0.206 e. The minimum absolute atomic E-state index is 0.144. The molecule has 0 aliphatic carbocycles. The predicted octanol–water partition coefficient (Wildman–Crippen LogP) is 0.994. The molecule has 0 atom stereocenters. The van der Waals surface area contributed by atoms with Crippen molar-refractivity contribution >= 4 is 0 Å². The van der Waals surface area contributed by atoms with E-state index in [1.165, 1.54) is 13.2 Å². The molecule has 0 heterocycles. The topological polar surface area (TPSA) is 69.9 Å². The summed E-state index contributed by atoms with van der Waals surface area (Å²) in [4.78, 5) is 0. The van der Waals surface area contributed by atoms with Gasteiger partial charge in [-0.05, 0) is 13.0 Å². The Morgan fingerprint density at radius 3 is 2.33 bits per heavy atom. The molecule has 1 aromatic rings. The van der Waals surface area contributed by atoms with Crippen molar-refractivity contribution in [1.29, 1.82) is 0 Å². The van der Waals surface area contributed by atoms with E-state index in [0.29, 0.717) is 0 Å². The van der Waals surface area contributed by atoms with Crippen LogP contribution in [-0.2, 0) is 0 Å². The minimum atomic E-state index is -0.498. The molecule has 0 spiro atoms. The van der Waals surface area contributed by atoms with E-state index >= 15 is 0 Å². The van der Waals surface area contributed by atoms with Crippen LogP contribution in [0.15, 0.2) is 6.07 Å². The summed E-state index contributed by atoms with van der Waals surface area (Å²) in [6, 6.07) is 1.20. The number of ether oxygens (including phenoxy) is 1. The number of phenolic OH excluding ortho intramolecular Hbond substituents is 3. The molecule has 0 aliphatic heterocycles. The summed E-state index contributed by atoms with van der Waals surface area (Å²) in [5, 5.41) is 27.5. The first-order valence-electron chi connectivity index (χ1n) is 3.21. The summed E-state index contributed by atoms with van der Waals surface area (Å²) < 4.78 is 4.62. The summed E-state index contributed by atoms with van der Waals surface area (Å²) >= 11 is 0. The lowest BCUT2D eigenvalue weighted by Crippen LogP contribution is -1.86. The van der Waals surface area contributed by atoms with Crippen LogP contribution in [0.3, 0.4) is 0 Å². The van der Waals surface area contributed by atoms with Gasteiger partial charge in [-0.1, -0.05) is 0 Å². The van der Waals surface area contributed by atoms with Gasteiger partial charge in [-0.3, -0.25) is 0 Å². The first-order chi connectivity index (χ1) is 5.57. The van der Waals surface area contributed by atoms with Crippen molar-refractivity contribution in [2.24, 2.45) is 0 Å². The zero-order valence-corrected chi connectivity index (χ0v) is 6.53. The summed E-state index contributed by atoms with van der Waals surface area (Å²) in [6.45, 7) is 3.39. The van der Waals surface area contributed by atoms with Crippen molar-refractivity contribution in [3.8, 4) is 23.0 Å². The van der Waals surface area contributed by atoms with Gasteiger partial charge in [-0.15, -0.1) is 0 Å². The first kappa shape index (κ1) is 8.52. The molecule has 3 N–H and O–H groups in total. The third kappa shape index (κ3) is 1.11. The van der Waals surface area contributed by atoms with Crippen LogP contribution in [0.5, 0.6) is 23.0 Å². The monoisotopic (exact) mass is 169 g/mol. The molecule has 0 saturated heterocycles. The van der Waals surface area contributed by atoms with Crippen LogP contribution in [0.1, 0.15) is 5.56 Å². The van der Waals surface area contributed by atoms with Crippen molar-refractivity contribution in [3.05, 3.63) is 18.6 Å². The normalized spacial score (nSPS) is 9.83. The van der Waals surface area contributed by atoms with E-state index in [1.807, 2.05) is 0 Å². The van der Waals surface area contributed by atoms with Gasteiger partial charge in [0, 0.05) is 5.56 Å². The van der Waals surface area contributed by atoms with Crippen molar-refractivity contribution in [3.63, 3.8) is 0 Å². The standard InChI is InChI=1S/C8H9O4/c1-4-3-5(9)8(12-2)7(11)6(4)10/h3,9-11H,1H2,2H3. The molecule has 1 radical (unpaired) electrons. The highest BCUT2D eigenvalue weighted by Gasteiger charge is 2.14. The van der Waals surface area contributed by atoms with Gasteiger partial charge in [0.15, 0.2) is 11.5 Å². The molecule has 0 aliphatic rings. The van der Waals surface area contributed by atoms with E-state index in [4.69, 9.17) is 10.2 Å². The second-order valence-corrected chi connectivity index (χ2v) is 2.29. The van der Waals surface area contributed by atoms with E-state index in [9.17, 15) is 5.11 Å². The maximum atomic E-state index is 9.18. The van der Waals surface area contributed by atoms with Gasteiger partial charge < -0.3 is 20.1 Å². The molecule has 0 bridgehead atoms. The summed E-state index contributed by atoms with van der Waals surface area (Å²) in [5.74, 6) is -1.29. The lowest BCUT2D eigenvalue weighted by molar-refractivity contribution is 0.328. The quantitative estimate of drug-likeness (QED) is 0.433. The van der Waals surface area contributed by atoms with Gasteiger partial charge in [0.2, 0.25) is 11.5 Å². The number of benzene rings is 1. The molecule has 1 rings (SSSR count). The Labute approximate surface area is 69.7 Å². The number of rotatable bonds is 1. The highest BCUT2D eigenvalue weighted by Crippen LogP contribution is 2.43. The average molecular weight is 169 g/mol. The highest BCUT2D eigenvalue weighted by molar-refractivity contribution is 5.61. The number of aromatic hydroxyl groups is 3. The molecule has 4 heteroatoms. The van der Waals surface area contributed by atoms with Crippen molar-refractivity contribution in [2.75, 3.05) is 7.11 Å². The van der Waals surface area contributed by atoms with Crippen LogP contribution in [0.2, 0.25) is 0 Å². The van der Waals surface area contributed by atoms with E-state index in [0.717, 1.165) is 0 Å². The average Bonchev–Trinajstić information content (AvgIpc) is 2.01. The van der Waals surface area contributed by atoms with Gasteiger partial charge in [0.1, 0.15) is 0 Å². The van der Waals surface area contributed by atoms with Crippen LogP contribution >= 0.6 is 0 Å². The predicted molar refractivity (Wildman–Crippen MR) is 42.4 cm³/mol. The number of methoxy groups -OCH3 is 1. The minimum Gasteiger partial charge on any atom is -0.504 e. The van der Waals surface area contributed by atoms with E-state index < -0.39 is 5.75 Å². The number of hydrogen-bond acceptors (Lipinski definition) is 4. The molecule has 1 aromatic carbocycles. The van der Waals surface area contributed by atoms with Gasteiger partial charge in [-0.25, -0.2) is 0 Å². The third-order valence-corrected chi connectivity index (χ3v) is 1.49. The largest absolute Gasteiger partial charge is 0.504 e. The van der Waals surface area contributed by atoms with E-state index in [2.05, 4.69) is 11.7 Å². The lowest BCUT2D eigenvalue weighted by atomic mass is 10.2. The molecule has 0 aromatic heterocycles. The highest BCUT2D eigenvalue weighted by atomic mass is 16.5.